The monoisotopic (exact) mass is 254 g/mol. The van der Waals surface area contributed by atoms with Gasteiger partial charge in [0, 0.05) is 9.80 Å². The molecule has 17 heavy (non-hydrogen) atoms. The average molecular weight is 254 g/mol. The second-order valence-electron chi connectivity index (χ2n) is 3.93. The second-order valence-corrected chi connectivity index (χ2v) is 5.41. The lowest BCUT2D eigenvalue weighted by Crippen LogP contribution is -2.42. The topological polar surface area (TPSA) is 77.8 Å². The van der Waals surface area contributed by atoms with Gasteiger partial charge in [0.15, 0.2) is 0 Å². The Morgan fingerprint density at radius 1 is 1.12 bits per heavy atom. The third-order valence-electron chi connectivity index (χ3n) is 2.74. The van der Waals surface area contributed by atoms with Crippen molar-refractivity contribution >= 4 is 10.8 Å². The summed E-state index contributed by atoms with van der Waals surface area (Å²) in [6.45, 7) is 0. The van der Waals surface area contributed by atoms with Gasteiger partial charge in [0.25, 0.3) is 0 Å². The zero-order valence-electron chi connectivity index (χ0n) is 9.06. The molecule has 0 amide bonds. The molecular formula is C12H14O4S. The van der Waals surface area contributed by atoms with E-state index in [9.17, 15) is 19.5 Å². The first-order chi connectivity index (χ1) is 8.11. The smallest absolute Gasteiger partial charge is 0.116 e. The van der Waals surface area contributed by atoms with Crippen LogP contribution in [-0.4, -0.2) is 37.8 Å². The average Bonchev–Trinajstić information content (AvgIpc) is 2.36. The van der Waals surface area contributed by atoms with E-state index in [1.165, 1.54) is 6.08 Å². The molecule has 1 unspecified atom stereocenters. The van der Waals surface area contributed by atoms with Crippen LogP contribution in [-0.2, 0) is 10.8 Å². The zero-order valence-corrected chi connectivity index (χ0v) is 9.88. The fraction of sp³-hybridized carbons (Fsp3) is 0.333. The Morgan fingerprint density at radius 2 is 1.76 bits per heavy atom. The summed E-state index contributed by atoms with van der Waals surface area (Å²) in [7, 11) is -1.50. The molecule has 5 heteroatoms. The van der Waals surface area contributed by atoms with Gasteiger partial charge in [0.05, 0.1) is 16.9 Å². The van der Waals surface area contributed by atoms with Crippen molar-refractivity contribution in [2.75, 3.05) is 0 Å². The SMILES string of the molecule is O=S(C1=CC[C@H](O)[C@@H](O)[C@@H]1O)c1ccccc1. The molecule has 0 spiro atoms. The molecule has 4 nitrogen and oxygen atoms in total. The Balaban J connectivity index is 2.27. The van der Waals surface area contributed by atoms with Crippen molar-refractivity contribution < 1.29 is 19.5 Å². The number of aliphatic hydroxyl groups excluding tert-OH is 3. The van der Waals surface area contributed by atoms with Gasteiger partial charge in [-0.05, 0) is 18.6 Å². The number of aliphatic hydroxyl groups is 3. The molecule has 0 radical (unpaired) electrons. The molecule has 1 aliphatic rings. The van der Waals surface area contributed by atoms with Gasteiger partial charge in [0.2, 0.25) is 0 Å². The van der Waals surface area contributed by atoms with E-state index < -0.39 is 29.1 Å². The minimum atomic E-state index is -1.50. The fourth-order valence-electron chi connectivity index (χ4n) is 1.74. The summed E-state index contributed by atoms with van der Waals surface area (Å²) in [5.74, 6) is 0. The van der Waals surface area contributed by atoms with Gasteiger partial charge in [-0.3, -0.25) is 0 Å². The molecular weight excluding hydrogens is 240 g/mol. The second kappa shape index (κ2) is 5.10. The van der Waals surface area contributed by atoms with Crippen LogP contribution in [0.4, 0.5) is 0 Å². The Hall–Kier alpha value is -1.01. The minimum Gasteiger partial charge on any atom is -0.390 e. The third-order valence-corrected chi connectivity index (χ3v) is 4.28. The summed E-state index contributed by atoms with van der Waals surface area (Å²) in [5, 5.41) is 28.7. The van der Waals surface area contributed by atoms with Crippen molar-refractivity contribution in [3.8, 4) is 0 Å². The molecule has 0 saturated carbocycles. The zero-order chi connectivity index (χ0) is 12.4. The van der Waals surface area contributed by atoms with Gasteiger partial charge in [-0.2, -0.15) is 0 Å². The van der Waals surface area contributed by atoms with E-state index in [2.05, 4.69) is 0 Å². The van der Waals surface area contributed by atoms with Crippen molar-refractivity contribution in [3.05, 3.63) is 41.3 Å². The first kappa shape index (κ1) is 12.4. The van der Waals surface area contributed by atoms with E-state index in [1.807, 2.05) is 6.07 Å². The summed E-state index contributed by atoms with van der Waals surface area (Å²) in [6, 6.07) is 8.72. The Kier molecular flexibility index (Phi) is 3.73. The highest BCUT2D eigenvalue weighted by Crippen LogP contribution is 2.25. The summed E-state index contributed by atoms with van der Waals surface area (Å²) >= 11 is 0. The highest BCUT2D eigenvalue weighted by molar-refractivity contribution is 7.89. The lowest BCUT2D eigenvalue weighted by molar-refractivity contribution is -0.0471. The van der Waals surface area contributed by atoms with Crippen LogP contribution in [0, 0.1) is 0 Å². The van der Waals surface area contributed by atoms with Gasteiger partial charge in [-0.25, -0.2) is 4.21 Å². The molecule has 1 aliphatic carbocycles. The van der Waals surface area contributed by atoms with Gasteiger partial charge >= 0.3 is 0 Å². The normalized spacial score (nSPS) is 30.8. The van der Waals surface area contributed by atoms with E-state index in [0.29, 0.717) is 4.90 Å². The van der Waals surface area contributed by atoms with Crippen molar-refractivity contribution in [1.29, 1.82) is 0 Å². The molecule has 0 bridgehead atoms. The van der Waals surface area contributed by atoms with Crippen molar-refractivity contribution in [2.24, 2.45) is 0 Å². The first-order valence-electron chi connectivity index (χ1n) is 5.32. The van der Waals surface area contributed by atoms with Crippen LogP contribution in [0.3, 0.4) is 0 Å². The molecule has 0 heterocycles. The Bertz CT molecular complexity index is 443. The highest BCUT2D eigenvalue weighted by atomic mass is 32.2. The quantitative estimate of drug-likeness (QED) is 0.703. The summed E-state index contributed by atoms with van der Waals surface area (Å²) in [4.78, 5) is 0.829. The maximum atomic E-state index is 12.2. The predicted molar refractivity (Wildman–Crippen MR) is 63.6 cm³/mol. The van der Waals surface area contributed by atoms with E-state index in [4.69, 9.17) is 0 Å². The van der Waals surface area contributed by atoms with Crippen molar-refractivity contribution in [2.45, 2.75) is 29.6 Å². The number of hydrogen-bond acceptors (Lipinski definition) is 4. The molecule has 2 rings (SSSR count). The van der Waals surface area contributed by atoms with Crippen LogP contribution in [0.25, 0.3) is 0 Å². The van der Waals surface area contributed by atoms with Crippen LogP contribution >= 0.6 is 0 Å². The summed E-state index contributed by atoms with van der Waals surface area (Å²) < 4.78 is 12.2. The molecule has 4 atom stereocenters. The van der Waals surface area contributed by atoms with E-state index in [0.717, 1.165) is 0 Å². The molecule has 1 aromatic rings. The molecule has 0 fully saturated rings. The molecule has 0 saturated heterocycles. The van der Waals surface area contributed by atoms with Crippen LogP contribution in [0.15, 0.2) is 46.2 Å². The molecule has 92 valence electrons. The van der Waals surface area contributed by atoms with Crippen LogP contribution in [0.2, 0.25) is 0 Å². The van der Waals surface area contributed by atoms with Gasteiger partial charge < -0.3 is 15.3 Å². The number of rotatable bonds is 2. The molecule has 3 N–H and O–H groups in total. The number of hydrogen-bond donors (Lipinski definition) is 3. The van der Waals surface area contributed by atoms with Gasteiger partial charge in [0.1, 0.15) is 12.2 Å². The minimum absolute atomic E-state index is 0.201. The summed E-state index contributed by atoms with van der Waals surface area (Å²) in [6.07, 6.45) is -1.82. The highest BCUT2D eigenvalue weighted by Gasteiger charge is 2.33. The van der Waals surface area contributed by atoms with Crippen molar-refractivity contribution in [3.63, 3.8) is 0 Å². The Labute approximate surface area is 102 Å². The van der Waals surface area contributed by atoms with E-state index in [1.54, 1.807) is 24.3 Å². The van der Waals surface area contributed by atoms with E-state index >= 15 is 0 Å². The maximum Gasteiger partial charge on any atom is 0.116 e. The standard InChI is InChI=1S/C12H14O4S/c13-9-6-7-10(12(15)11(9)14)17(16)8-4-2-1-3-5-8/h1-5,7,9,11-15H,6H2/t9-,11+,12+,17?/m0/s1. The first-order valence-corrected chi connectivity index (χ1v) is 6.47. The summed E-state index contributed by atoms with van der Waals surface area (Å²) in [5.41, 5.74) is 0. The van der Waals surface area contributed by atoms with Crippen LogP contribution in [0.5, 0.6) is 0 Å². The Morgan fingerprint density at radius 3 is 2.41 bits per heavy atom. The molecule has 0 aromatic heterocycles. The van der Waals surface area contributed by atoms with Crippen LogP contribution in [0.1, 0.15) is 6.42 Å². The van der Waals surface area contributed by atoms with Crippen molar-refractivity contribution in [1.82, 2.24) is 0 Å². The largest absolute Gasteiger partial charge is 0.390 e. The van der Waals surface area contributed by atoms with Gasteiger partial charge in [-0.15, -0.1) is 0 Å². The molecule has 0 aliphatic heterocycles. The predicted octanol–water partition coefficient (Wildman–Crippen LogP) is 0.164. The molecule has 1 aromatic carbocycles. The van der Waals surface area contributed by atoms with Crippen LogP contribution < -0.4 is 0 Å². The lowest BCUT2D eigenvalue weighted by atomic mass is 9.99. The van der Waals surface area contributed by atoms with Gasteiger partial charge in [-0.1, -0.05) is 24.3 Å². The maximum absolute atomic E-state index is 12.2. The fourth-order valence-corrected chi connectivity index (χ4v) is 3.02. The lowest BCUT2D eigenvalue weighted by Gasteiger charge is -2.28. The third kappa shape index (κ3) is 2.47. The van der Waals surface area contributed by atoms with E-state index in [-0.39, 0.29) is 11.3 Å². The number of benzene rings is 1.